The molecule has 0 aromatic carbocycles. The first-order valence-electron chi connectivity index (χ1n) is 3.22. The summed E-state index contributed by atoms with van der Waals surface area (Å²) in [7, 11) is 0. The van der Waals surface area contributed by atoms with Crippen LogP contribution in [0.15, 0.2) is 5.16 Å². The number of hydrogen-bond donors (Lipinski definition) is 1. The molecule has 2 N–H and O–H groups in total. The molecule has 1 aromatic heterocycles. The smallest absolute Gasteiger partial charge is 0.209 e. The molecule has 0 aliphatic heterocycles. The van der Waals surface area contributed by atoms with E-state index in [-0.39, 0.29) is 0 Å². The minimum Gasteiger partial charge on any atom is -0.325 e. The zero-order valence-corrected chi connectivity index (χ0v) is 7.35. The van der Waals surface area contributed by atoms with Crippen molar-refractivity contribution in [1.29, 1.82) is 0 Å². The molecule has 1 rings (SSSR count). The molecule has 0 saturated carbocycles. The number of rotatable bonds is 2. The number of aromatic nitrogens is 3. The topological polar surface area (TPSA) is 64.7 Å². The number of nitrogens with two attached hydrogens (primary N) is 1. The van der Waals surface area contributed by atoms with Crippen molar-refractivity contribution >= 4 is 11.8 Å². The Morgan fingerprint density at radius 2 is 2.18 bits per heavy atom. The fourth-order valence-corrected chi connectivity index (χ4v) is 1.03. The fourth-order valence-electron chi connectivity index (χ4n) is 0.681. The highest BCUT2D eigenvalue weighted by molar-refractivity contribution is 7.98. The van der Waals surface area contributed by atoms with Gasteiger partial charge in [-0.1, -0.05) is 11.8 Å². The Morgan fingerprint density at radius 3 is 2.64 bits per heavy atom. The Bertz CT molecular complexity index is 250. The highest BCUT2D eigenvalue weighted by Gasteiger charge is 2.01. The quantitative estimate of drug-likeness (QED) is 0.649. The van der Waals surface area contributed by atoms with Crippen LogP contribution in [0, 0.1) is 6.92 Å². The molecule has 0 aliphatic carbocycles. The van der Waals surface area contributed by atoms with Crippen molar-refractivity contribution in [1.82, 2.24) is 15.2 Å². The minimum atomic E-state index is 0.403. The summed E-state index contributed by atoms with van der Waals surface area (Å²) in [6.07, 6.45) is 1.92. The molecule has 0 atom stereocenters. The molecule has 0 fully saturated rings. The maximum Gasteiger partial charge on any atom is 0.209 e. The van der Waals surface area contributed by atoms with Gasteiger partial charge in [0.2, 0.25) is 5.16 Å². The monoisotopic (exact) mass is 170 g/mol. The Hall–Kier alpha value is -0.680. The average Bonchev–Trinajstić information content (AvgIpc) is 2.04. The van der Waals surface area contributed by atoms with Gasteiger partial charge in [-0.15, -0.1) is 10.2 Å². The fraction of sp³-hybridized carbons (Fsp3) is 0.500. The summed E-state index contributed by atoms with van der Waals surface area (Å²) < 4.78 is 0. The molecule has 0 saturated heterocycles. The highest BCUT2D eigenvalue weighted by atomic mass is 32.2. The van der Waals surface area contributed by atoms with Gasteiger partial charge in [-0.2, -0.15) is 0 Å². The third-order valence-corrected chi connectivity index (χ3v) is 1.85. The van der Waals surface area contributed by atoms with Gasteiger partial charge >= 0.3 is 0 Å². The van der Waals surface area contributed by atoms with Crippen molar-refractivity contribution in [3.05, 3.63) is 11.4 Å². The molecular formula is C6H10N4S. The largest absolute Gasteiger partial charge is 0.325 e. The van der Waals surface area contributed by atoms with E-state index in [0.717, 1.165) is 11.4 Å². The van der Waals surface area contributed by atoms with Crippen molar-refractivity contribution in [2.75, 3.05) is 6.26 Å². The van der Waals surface area contributed by atoms with Crippen LogP contribution < -0.4 is 5.73 Å². The lowest BCUT2D eigenvalue weighted by Gasteiger charge is -1.99. The van der Waals surface area contributed by atoms with Gasteiger partial charge in [-0.3, -0.25) is 0 Å². The van der Waals surface area contributed by atoms with E-state index >= 15 is 0 Å². The van der Waals surface area contributed by atoms with Gasteiger partial charge in [0.05, 0.1) is 11.4 Å². The molecule has 1 heterocycles. The molecule has 4 nitrogen and oxygen atoms in total. The summed E-state index contributed by atoms with van der Waals surface area (Å²) in [5, 5.41) is 8.45. The van der Waals surface area contributed by atoms with Crippen LogP contribution >= 0.6 is 11.8 Å². The maximum absolute atomic E-state index is 5.39. The Balaban J connectivity index is 2.99. The summed E-state index contributed by atoms with van der Waals surface area (Å²) in [5.41, 5.74) is 7.03. The van der Waals surface area contributed by atoms with E-state index in [1.807, 2.05) is 13.2 Å². The van der Waals surface area contributed by atoms with Crippen LogP contribution in [-0.4, -0.2) is 21.4 Å². The van der Waals surface area contributed by atoms with Crippen molar-refractivity contribution in [2.45, 2.75) is 18.6 Å². The van der Waals surface area contributed by atoms with Crippen LogP contribution in [0.1, 0.15) is 11.4 Å². The van der Waals surface area contributed by atoms with Gasteiger partial charge in [0, 0.05) is 6.54 Å². The summed E-state index contributed by atoms with van der Waals surface area (Å²) in [5.74, 6) is 0. The number of thioether (sulfide) groups is 1. The zero-order chi connectivity index (χ0) is 8.27. The van der Waals surface area contributed by atoms with Gasteiger partial charge in [0.1, 0.15) is 0 Å². The number of nitrogens with zero attached hydrogens (tertiary/aromatic N) is 3. The maximum atomic E-state index is 5.39. The Labute approximate surface area is 69.6 Å². The van der Waals surface area contributed by atoms with E-state index in [9.17, 15) is 0 Å². The first-order valence-corrected chi connectivity index (χ1v) is 4.44. The normalized spacial score (nSPS) is 10.1. The van der Waals surface area contributed by atoms with Gasteiger partial charge in [0.15, 0.2) is 0 Å². The first-order chi connectivity index (χ1) is 5.27. The van der Waals surface area contributed by atoms with Crippen LogP contribution in [0.3, 0.4) is 0 Å². The molecule has 11 heavy (non-hydrogen) atoms. The SMILES string of the molecule is CSc1nnc(CN)c(C)n1. The zero-order valence-electron chi connectivity index (χ0n) is 6.53. The van der Waals surface area contributed by atoms with E-state index in [2.05, 4.69) is 15.2 Å². The molecule has 5 heteroatoms. The van der Waals surface area contributed by atoms with Crippen LogP contribution in [0.25, 0.3) is 0 Å². The minimum absolute atomic E-state index is 0.403. The molecule has 0 bridgehead atoms. The van der Waals surface area contributed by atoms with Crippen LogP contribution in [0.2, 0.25) is 0 Å². The van der Waals surface area contributed by atoms with E-state index in [1.54, 1.807) is 0 Å². The number of aryl methyl sites for hydroxylation is 1. The first kappa shape index (κ1) is 8.42. The second kappa shape index (κ2) is 3.64. The standard InChI is InChI=1S/C6H10N4S/c1-4-5(3-7)9-10-6(8-4)11-2/h3,7H2,1-2H3. The van der Waals surface area contributed by atoms with Gasteiger partial charge in [-0.25, -0.2) is 4.98 Å². The van der Waals surface area contributed by atoms with Crippen LogP contribution in [0.5, 0.6) is 0 Å². The molecular weight excluding hydrogens is 160 g/mol. The van der Waals surface area contributed by atoms with Gasteiger partial charge < -0.3 is 5.73 Å². The lowest BCUT2D eigenvalue weighted by Crippen LogP contribution is -2.06. The molecule has 0 unspecified atom stereocenters. The van der Waals surface area contributed by atoms with E-state index in [1.165, 1.54) is 11.8 Å². The summed E-state index contributed by atoms with van der Waals surface area (Å²) in [4.78, 5) is 4.17. The van der Waals surface area contributed by atoms with Crippen LogP contribution in [-0.2, 0) is 6.54 Å². The second-order valence-corrected chi connectivity index (χ2v) is 2.81. The molecule has 0 aliphatic rings. The van der Waals surface area contributed by atoms with Crippen molar-refractivity contribution < 1.29 is 0 Å². The van der Waals surface area contributed by atoms with Crippen molar-refractivity contribution in [2.24, 2.45) is 5.73 Å². The van der Waals surface area contributed by atoms with Crippen LogP contribution in [0.4, 0.5) is 0 Å². The Morgan fingerprint density at radius 1 is 1.45 bits per heavy atom. The third kappa shape index (κ3) is 1.87. The molecule has 0 radical (unpaired) electrons. The lowest BCUT2D eigenvalue weighted by molar-refractivity contribution is 0.759. The molecule has 1 aromatic rings. The molecule has 60 valence electrons. The lowest BCUT2D eigenvalue weighted by atomic mass is 10.3. The van der Waals surface area contributed by atoms with Crippen molar-refractivity contribution in [3.63, 3.8) is 0 Å². The predicted molar refractivity (Wildman–Crippen MR) is 44.2 cm³/mol. The molecule has 0 amide bonds. The third-order valence-electron chi connectivity index (χ3n) is 1.31. The van der Waals surface area contributed by atoms with E-state index < -0.39 is 0 Å². The summed E-state index contributed by atoms with van der Waals surface area (Å²) in [6, 6.07) is 0. The summed E-state index contributed by atoms with van der Waals surface area (Å²) >= 11 is 1.48. The second-order valence-electron chi connectivity index (χ2n) is 2.03. The van der Waals surface area contributed by atoms with E-state index in [0.29, 0.717) is 11.7 Å². The highest BCUT2D eigenvalue weighted by Crippen LogP contribution is 2.07. The van der Waals surface area contributed by atoms with Crippen molar-refractivity contribution in [3.8, 4) is 0 Å². The summed E-state index contributed by atoms with van der Waals surface area (Å²) in [6.45, 7) is 2.29. The van der Waals surface area contributed by atoms with Gasteiger partial charge in [0.25, 0.3) is 0 Å². The predicted octanol–water partition coefficient (Wildman–Crippen LogP) is 0.361. The Kier molecular flexibility index (Phi) is 2.78. The van der Waals surface area contributed by atoms with Gasteiger partial charge in [-0.05, 0) is 13.2 Å². The average molecular weight is 170 g/mol. The molecule has 0 spiro atoms. The van der Waals surface area contributed by atoms with E-state index in [4.69, 9.17) is 5.73 Å². The number of hydrogen-bond acceptors (Lipinski definition) is 5.